The van der Waals surface area contributed by atoms with E-state index in [2.05, 4.69) is 0 Å². The highest BCUT2D eigenvalue weighted by Gasteiger charge is 2.30. The molecular weight excluding hydrogens is 383 g/mol. The molecule has 152 valence electrons. The molecule has 0 fully saturated rings. The van der Waals surface area contributed by atoms with Gasteiger partial charge in [0, 0.05) is 11.6 Å². The zero-order chi connectivity index (χ0) is 21.1. The molecule has 5 heteroatoms. The molecule has 0 bridgehead atoms. The van der Waals surface area contributed by atoms with Gasteiger partial charge in [-0.3, -0.25) is 4.79 Å². The maximum absolute atomic E-state index is 13.8. The third-order valence-electron chi connectivity index (χ3n) is 4.78. The minimum atomic E-state index is -0.317. The summed E-state index contributed by atoms with van der Waals surface area (Å²) in [5.41, 5.74) is 2.56. The standard InChI is InChI=1S/C25H21FO4/c1-3-28-19-10-8-17(9-11-19)13-23-25(27)24-16(2)12-20(14-22(24)30-23)29-15-18-6-4-5-7-21(18)26/h4-14H,3,15H2,1-2H3/b23-13-. The van der Waals surface area contributed by atoms with Gasteiger partial charge in [-0.25, -0.2) is 4.39 Å². The summed E-state index contributed by atoms with van der Waals surface area (Å²) < 4.78 is 30.8. The molecule has 0 aromatic heterocycles. The van der Waals surface area contributed by atoms with E-state index < -0.39 is 0 Å². The van der Waals surface area contributed by atoms with Crippen LogP contribution < -0.4 is 14.2 Å². The van der Waals surface area contributed by atoms with Crippen molar-refractivity contribution in [3.63, 3.8) is 0 Å². The molecule has 0 aliphatic carbocycles. The second-order valence-corrected chi connectivity index (χ2v) is 6.94. The van der Waals surface area contributed by atoms with Gasteiger partial charge < -0.3 is 14.2 Å². The maximum Gasteiger partial charge on any atom is 0.232 e. The smallest absolute Gasteiger partial charge is 0.232 e. The van der Waals surface area contributed by atoms with Crippen molar-refractivity contribution in [2.24, 2.45) is 0 Å². The fraction of sp³-hybridized carbons (Fsp3) is 0.160. The van der Waals surface area contributed by atoms with E-state index in [-0.39, 0.29) is 24.0 Å². The first-order valence-corrected chi connectivity index (χ1v) is 9.73. The lowest BCUT2D eigenvalue weighted by Crippen LogP contribution is -2.00. The van der Waals surface area contributed by atoms with E-state index in [1.807, 2.05) is 38.1 Å². The lowest BCUT2D eigenvalue weighted by atomic mass is 10.0. The molecule has 0 saturated carbocycles. The van der Waals surface area contributed by atoms with Gasteiger partial charge in [0.15, 0.2) is 5.76 Å². The van der Waals surface area contributed by atoms with E-state index in [0.717, 1.165) is 16.9 Å². The molecule has 4 nitrogen and oxygen atoms in total. The Morgan fingerprint density at radius 1 is 1.00 bits per heavy atom. The van der Waals surface area contributed by atoms with Gasteiger partial charge in [0.25, 0.3) is 0 Å². The number of carbonyl (C=O) groups is 1. The normalized spacial score (nSPS) is 13.8. The minimum Gasteiger partial charge on any atom is -0.494 e. The molecule has 3 aromatic carbocycles. The van der Waals surface area contributed by atoms with E-state index in [9.17, 15) is 9.18 Å². The molecule has 0 N–H and O–H groups in total. The van der Waals surface area contributed by atoms with Gasteiger partial charge in [-0.05, 0) is 55.3 Å². The van der Waals surface area contributed by atoms with E-state index in [0.29, 0.717) is 29.2 Å². The highest BCUT2D eigenvalue weighted by molar-refractivity contribution is 6.15. The molecule has 30 heavy (non-hydrogen) atoms. The van der Waals surface area contributed by atoms with E-state index in [1.165, 1.54) is 6.07 Å². The molecular formula is C25H21FO4. The van der Waals surface area contributed by atoms with Crippen molar-refractivity contribution >= 4 is 11.9 Å². The topological polar surface area (TPSA) is 44.8 Å². The Balaban J connectivity index is 1.53. The van der Waals surface area contributed by atoms with Crippen molar-refractivity contribution < 1.29 is 23.4 Å². The van der Waals surface area contributed by atoms with Gasteiger partial charge in [0.1, 0.15) is 29.7 Å². The summed E-state index contributed by atoms with van der Waals surface area (Å²) in [6, 6.07) is 17.3. The number of carbonyl (C=O) groups excluding carboxylic acids is 1. The fourth-order valence-electron chi connectivity index (χ4n) is 3.32. The summed E-state index contributed by atoms with van der Waals surface area (Å²) in [5.74, 6) is 1.50. The van der Waals surface area contributed by atoms with Crippen LogP contribution in [0.1, 0.15) is 34.0 Å². The number of halogens is 1. The van der Waals surface area contributed by atoms with E-state index >= 15 is 0 Å². The van der Waals surface area contributed by atoms with Gasteiger partial charge in [-0.2, -0.15) is 0 Å². The number of hydrogen-bond acceptors (Lipinski definition) is 4. The van der Waals surface area contributed by atoms with Crippen LogP contribution >= 0.6 is 0 Å². The predicted molar refractivity (Wildman–Crippen MR) is 112 cm³/mol. The van der Waals surface area contributed by atoms with Crippen LogP contribution in [-0.2, 0) is 6.61 Å². The number of benzene rings is 3. The van der Waals surface area contributed by atoms with Gasteiger partial charge >= 0.3 is 0 Å². The first kappa shape index (κ1) is 19.7. The highest BCUT2D eigenvalue weighted by atomic mass is 19.1. The average Bonchev–Trinajstić information content (AvgIpc) is 3.05. The Morgan fingerprint density at radius 3 is 2.50 bits per heavy atom. The van der Waals surface area contributed by atoms with Gasteiger partial charge in [0.2, 0.25) is 5.78 Å². The van der Waals surface area contributed by atoms with Crippen LogP contribution in [0.3, 0.4) is 0 Å². The molecule has 3 aromatic rings. The largest absolute Gasteiger partial charge is 0.494 e. The second kappa shape index (κ2) is 8.41. The molecule has 0 radical (unpaired) electrons. The van der Waals surface area contributed by atoms with Crippen LogP contribution in [-0.4, -0.2) is 12.4 Å². The Hall–Kier alpha value is -3.60. The monoisotopic (exact) mass is 404 g/mol. The SMILES string of the molecule is CCOc1ccc(/C=C2\Oc3cc(OCc4ccccc4F)cc(C)c3C2=O)cc1. The molecule has 0 unspecified atom stereocenters. The molecule has 4 rings (SSSR count). The van der Waals surface area contributed by atoms with Crippen molar-refractivity contribution in [1.29, 1.82) is 0 Å². The first-order valence-electron chi connectivity index (χ1n) is 9.73. The van der Waals surface area contributed by atoms with Crippen LogP contribution in [0.15, 0.2) is 66.4 Å². The van der Waals surface area contributed by atoms with E-state index in [4.69, 9.17) is 14.2 Å². The van der Waals surface area contributed by atoms with Crippen molar-refractivity contribution in [2.75, 3.05) is 6.61 Å². The zero-order valence-electron chi connectivity index (χ0n) is 16.8. The van der Waals surface area contributed by atoms with Crippen molar-refractivity contribution in [2.45, 2.75) is 20.5 Å². The summed E-state index contributed by atoms with van der Waals surface area (Å²) >= 11 is 0. The van der Waals surface area contributed by atoms with Crippen molar-refractivity contribution in [3.05, 3.63) is 94.5 Å². The Morgan fingerprint density at radius 2 is 1.77 bits per heavy atom. The zero-order valence-corrected chi connectivity index (χ0v) is 16.8. The van der Waals surface area contributed by atoms with Crippen LogP contribution in [0.25, 0.3) is 6.08 Å². The summed E-state index contributed by atoms with van der Waals surface area (Å²) in [6.45, 7) is 4.44. The number of aryl methyl sites for hydroxylation is 1. The predicted octanol–water partition coefficient (Wildman–Crippen LogP) is 5.73. The number of allylic oxidation sites excluding steroid dienone is 1. The quantitative estimate of drug-likeness (QED) is 0.492. The van der Waals surface area contributed by atoms with Crippen LogP contribution in [0.4, 0.5) is 4.39 Å². The third-order valence-corrected chi connectivity index (χ3v) is 4.78. The third kappa shape index (κ3) is 4.06. The Bertz CT molecular complexity index is 1120. The Labute approximate surface area is 174 Å². The molecule has 1 heterocycles. The summed E-state index contributed by atoms with van der Waals surface area (Å²) in [7, 11) is 0. The van der Waals surface area contributed by atoms with Gasteiger partial charge in [-0.1, -0.05) is 30.3 Å². The highest BCUT2D eigenvalue weighted by Crippen LogP contribution is 2.37. The van der Waals surface area contributed by atoms with Crippen LogP contribution in [0.5, 0.6) is 17.2 Å². The molecule has 0 spiro atoms. The lowest BCUT2D eigenvalue weighted by Gasteiger charge is -2.09. The maximum atomic E-state index is 13.8. The van der Waals surface area contributed by atoms with Gasteiger partial charge in [0.05, 0.1) is 12.2 Å². The summed E-state index contributed by atoms with van der Waals surface area (Å²) in [5, 5.41) is 0. The number of ketones is 1. The van der Waals surface area contributed by atoms with Crippen molar-refractivity contribution in [3.8, 4) is 17.2 Å². The molecule has 1 aliphatic heterocycles. The Kier molecular flexibility index (Phi) is 5.53. The van der Waals surface area contributed by atoms with Crippen LogP contribution in [0.2, 0.25) is 0 Å². The number of rotatable bonds is 6. The fourth-order valence-corrected chi connectivity index (χ4v) is 3.32. The number of Topliss-reactive ketones (excluding diaryl/α,β-unsaturated/α-hetero) is 1. The van der Waals surface area contributed by atoms with Crippen molar-refractivity contribution in [1.82, 2.24) is 0 Å². The first-order chi connectivity index (χ1) is 14.5. The number of fused-ring (bicyclic) bond motifs is 1. The molecule has 0 saturated heterocycles. The average molecular weight is 404 g/mol. The minimum absolute atomic E-state index is 0.0910. The lowest BCUT2D eigenvalue weighted by molar-refractivity contribution is 0.101. The van der Waals surface area contributed by atoms with Gasteiger partial charge in [-0.15, -0.1) is 0 Å². The molecule has 1 aliphatic rings. The molecule has 0 atom stereocenters. The summed E-state index contributed by atoms with van der Waals surface area (Å²) in [6.07, 6.45) is 1.71. The number of ether oxygens (including phenoxy) is 3. The molecule has 0 amide bonds. The summed E-state index contributed by atoms with van der Waals surface area (Å²) in [4.78, 5) is 12.8. The van der Waals surface area contributed by atoms with E-state index in [1.54, 1.807) is 36.4 Å². The van der Waals surface area contributed by atoms with Crippen LogP contribution in [0, 0.1) is 12.7 Å². The number of hydrogen-bond donors (Lipinski definition) is 0. The second-order valence-electron chi connectivity index (χ2n) is 6.94.